The van der Waals surface area contributed by atoms with Crippen molar-refractivity contribution in [2.75, 3.05) is 26.8 Å². The summed E-state index contributed by atoms with van der Waals surface area (Å²) in [4.78, 5) is 13.8. The summed E-state index contributed by atoms with van der Waals surface area (Å²) >= 11 is 0. The van der Waals surface area contributed by atoms with Crippen molar-refractivity contribution in [2.24, 2.45) is 0 Å². The average Bonchev–Trinajstić information content (AvgIpc) is 2.40. The van der Waals surface area contributed by atoms with Gasteiger partial charge in [-0.25, -0.2) is 0 Å². The van der Waals surface area contributed by atoms with Gasteiger partial charge in [-0.1, -0.05) is 36.4 Å². The van der Waals surface area contributed by atoms with E-state index >= 15 is 0 Å². The molecule has 0 fully saturated rings. The van der Waals surface area contributed by atoms with Crippen molar-refractivity contribution in [3.63, 3.8) is 0 Å². The fourth-order valence-corrected chi connectivity index (χ4v) is 1.74. The maximum Gasteiger partial charge on any atom is 0.256 e. The Balaban J connectivity index is 2.86. The standard InChI is InChI=1S/C14H19NO3/c1-3-9-15(10-11-16)14(17)13(18-2)12-7-5-4-6-8-12/h3-8,13,16H,1,9-11H2,2H3. The second kappa shape index (κ2) is 7.63. The molecule has 0 spiro atoms. The molecular weight excluding hydrogens is 230 g/mol. The Morgan fingerprint density at radius 2 is 2.17 bits per heavy atom. The summed E-state index contributed by atoms with van der Waals surface area (Å²) in [5.74, 6) is -0.169. The Labute approximate surface area is 107 Å². The minimum Gasteiger partial charge on any atom is -0.395 e. The normalized spacial score (nSPS) is 11.9. The summed E-state index contributed by atoms with van der Waals surface area (Å²) in [5, 5.41) is 8.97. The number of aliphatic hydroxyl groups is 1. The fraction of sp³-hybridized carbons (Fsp3) is 0.357. The molecule has 1 aromatic carbocycles. The van der Waals surface area contributed by atoms with E-state index < -0.39 is 6.10 Å². The fourth-order valence-electron chi connectivity index (χ4n) is 1.74. The van der Waals surface area contributed by atoms with E-state index in [2.05, 4.69) is 6.58 Å². The molecule has 4 heteroatoms. The van der Waals surface area contributed by atoms with Crippen molar-refractivity contribution in [2.45, 2.75) is 6.10 Å². The van der Waals surface area contributed by atoms with Gasteiger partial charge in [-0.05, 0) is 5.56 Å². The molecule has 0 saturated heterocycles. The third-order valence-electron chi connectivity index (χ3n) is 2.59. The van der Waals surface area contributed by atoms with Crippen LogP contribution in [0.5, 0.6) is 0 Å². The van der Waals surface area contributed by atoms with Crippen molar-refractivity contribution in [1.29, 1.82) is 0 Å². The van der Waals surface area contributed by atoms with Crippen LogP contribution in [0, 0.1) is 0 Å². The first-order valence-electron chi connectivity index (χ1n) is 5.82. The number of aliphatic hydroxyl groups excluding tert-OH is 1. The number of carbonyl (C=O) groups is 1. The topological polar surface area (TPSA) is 49.8 Å². The summed E-state index contributed by atoms with van der Waals surface area (Å²) < 4.78 is 5.26. The summed E-state index contributed by atoms with van der Waals surface area (Å²) in [6.07, 6.45) is 0.989. The Hall–Kier alpha value is -1.65. The monoisotopic (exact) mass is 249 g/mol. The minimum absolute atomic E-state index is 0.0786. The van der Waals surface area contributed by atoms with E-state index in [4.69, 9.17) is 9.84 Å². The average molecular weight is 249 g/mol. The quantitative estimate of drug-likeness (QED) is 0.743. The van der Waals surface area contributed by atoms with E-state index in [0.717, 1.165) is 5.56 Å². The molecule has 1 unspecified atom stereocenters. The van der Waals surface area contributed by atoms with Crippen LogP contribution in [-0.4, -0.2) is 42.7 Å². The van der Waals surface area contributed by atoms with Crippen molar-refractivity contribution < 1.29 is 14.6 Å². The summed E-state index contributed by atoms with van der Waals surface area (Å²) in [6, 6.07) is 9.29. The molecule has 0 heterocycles. The van der Waals surface area contributed by atoms with E-state index in [0.29, 0.717) is 6.54 Å². The molecule has 0 aliphatic carbocycles. The van der Waals surface area contributed by atoms with Gasteiger partial charge >= 0.3 is 0 Å². The molecule has 1 N–H and O–H groups in total. The molecule has 1 rings (SSSR count). The first-order chi connectivity index (χ1) is 8.74. The lowest BCUT2D eigenvalue weighted by Gasteiger charge is -2.25. The number of amides is 1. The highest BCUT2D eigenvalue weighted by atomic mass is 16.5. The number of hydrogen-bond acceptors (Lipinski definition) is 3. The van der Waals surface area contributed by atoms with E-state index in [-0.39, 0.29) is 19.1 Å². The largest absolute Gasteiger partial charge is 0.395 e. The maximum absolute atomic E-state index is 12.3. The minimum atomic E-state index is -0.641. The number of methoxy groups -OCH3 is 1. The second-order valence-corrected chi connectivity index (χ2v) is 3.82. The van der Waals surface area contributed by atoms with Gasteiger partial charge in [-0.15, -0.1) is 6.58 Å². The third-order valence-corrected chi connectivity index (χ3v) is 2.59. The number of rotatable bonds is 7. The van der Waals surface area contributed by atoms with Gasteiger partial charge in [-0.2, -0.15) is 0 Å². The zero-order valence-electron chi connectivity index (χ0n) is 10.6. The first kappa shape index (κ1) is 14.4. The molecule has 0 aliphatic rings. The number of benzene rings is 1. The van der Waals surface area contributed by atoms with Crippen molar-refractivity contribution in [3.8, 4) is 0 Å². The molecule has 0 aromatic heterocycles. The zero-order valence-corrected chi connectivity index (χ0v) is 10.6. The molecule has 18 heavy (non-hydrogen) atoms. The van der Waals surface area contributed by atoms with Gasteiger partial charge in [0.1, 0.15) is 0 Å². The molecule has 1 amide bonds. The third kappa shape index (κ3) is 3.68. The molecule has 1 aromatic rings. The van der Waals surface area contributed by atoms with Crippen LogP contribution in [-0.2, 0) is 9.53 Å². The van der Waals surface area contributed by atoms with Crippen LogP contribution in [0.4, 0.5) is 0 Å². The summed E-state index contributed by atoms with van der Waals surface area (Å²) in [7, 11) is 1.50. The number of carbonyl (C=O) groups excluding carboxylic acids is 1. The lowest BCUT2D eigenvalue weighted by molar-refractivity contribution is -0.142. The van der Waals surface area contributed by atoms with E-state index in [9.17, 15) is 4.79 Å². The highest BCUT2D eigenvalue weighted by Gasteiger charge is 2.24. The van der Waals surface area contributed by atoms with Crippen LogP contribution in [0.15, 0.2) is 43.0 Å². The first-order valence-corrected chi connectivity index (χ1v) is 5.82. The molecule has 0 bridgehead atoms. The zero-order chi connectivity index (χ0) is 13.4. The summed E-state index contributed by atoms with van der Waals surface area (Å²) in [5.41, 5.74) is 0.803. The Bertz CT molecular complexity index is 378. The molecular formula is C14H19NO3. The molecule has 0 saturated carbocycles. The van der Waals surface area contributed by atoms with E-state index in [1.807, 2.05) is 30.3 Å². The molecule has 1 atom stereocenters. The maximum atomic E-state index is 12.3. The Morgan fingerprint density at radius 1 is 1.50 bits per heavy atom. The van der Waals surface area contributed by atoms with Crippen LogP contribution in [0.3, 0.4) is 0 Å². The predicted molar refractivity (Wildman–Crippen MR) is 70.1 cm³/mol. The molecule has 4 nitrogen and oxygen atoms in total. The number of nitrogens with zero attached hydrogens (tertiary/aromatic N) is 1. The van der Waals surface area contributed by atoms with Gasteiger partial charge < -0.3 is 14.7 Å². The van der Waals surface area contributed by atoms with Gasteiger partial charge in [-0.3, -0.25) is 4.79 Å². The van der Waals surface area contributed by atoms with E-state index in [1.165, 1.54) is 12.0 Å². The van der Waals surface area contributed by atoms with Gasteiger partial charge in [0.05, 0.1) is 6.61 Å². The SMILES string of the molecule is C=CCN(CCO)C(=O)C(OC)c1ccccc1. The van der Waals surface area contributed by atoms with Crippen molar-refractivity contribution in [3.05, 3.63) is 48.6 Å². The lowest BCUT2D eigenvalue weighted by Crippen LogP contribution is -2.37. The Morgan fingerprint density at radius 3 is 2.67 bits per heavy atom. The van der Waals surface area contributed by atoms with Gasteiger partial charge in [0, 0.05) is 20.2 Å². The van der Waals surface area contributed by atoms with Crippen LogP contribution in [0.2, 0.25) is 0 Å². The highest BCUT2D eigenvalue weighted by Crippen LogP contribution is 2.19. The van der Waals surface area contributed by atoms with Gasteiger partial charge in [0.2, 0.25) is 0 Å². The van der Waals surface area contributed by atoms with E-state index in [1.54, 1.807) is 6.08 Å². The molecule has 98 valence electrons. The number of ether oxygens (including phenoxy) is 1. The second-order valence-electron chi connectivity index (χ2n) is 3.82. The van der Waals surface area contributed by atoms with Crippen LogP contribution in [0.25, 0.3) is 0 Å². The van der Waals surface area contributed by atoms with Crippen molar-refractivity contribution in [1.82, 2.24) is 4.90 Å². The Kier molecular flexibility index (Phi) is 6.11. The van der Waals surface area contributed by atoms with Crippen LogP contribution < -0.4 is 0 Å². The van der Waals surface area contributed by atoms with Crippen LogP contribution in [0.1, 0.15) is 11.7 Å². The highest BCUT2D eigenvalue weighted by molar-refractivity contribution is 5.82. The van der Waals surface area contributed by atoms with Gasteiger partial charge in [0.25, 0.3) is 5.91 Å². The smallest absolute Gasteiger partial charge is 0.256 e. The molecule has 0 radical (unpaired) electrons. The number of hydrogen-bond donors (Lipinski definition) is 1. The summed E-state index contributed by atoms with van der Waals surface area (Å²) in [6.45, 7) is 4.20. The lowest BCUT2D eigenvalue weighted by atomic mass is 10.1. The van der Waals surface area contributed by atoms with Crippen LogP contribution >= 0.6 is 0 Å². The predicted octanol–water partition coefficient (Wildman–Crippen LogP) is 1.38. The van der Waals surface area contributed by atoms with Gasteiger partial charge in [0.15, 0.2) is 6.10 Å². The molecule has 0 aliphatic heterocycles. The van der Waals surface area contributed by atoms with Crippen molar-refractivity contribution >= 4 is 5.91 Å².